The molecule has 3 rings (SSSR count). The average molecular weight is 509 g/mol. The van der Waals surface area contributed by atoms with E-state index in [1.54, 1.807) is 23.9 Å². The number of benzene rings is 3. The lowest BCUT2D eigenvalue weighted by Crippen LogP contribution is -2.26. The molecule has 0 saturated heterocycles. The Bertz CT molecular complexity index is 1210. The molecule has 0 spiro atoms. The first kappa shape index (κ1) is 24.5. The number of amides is 1. The molecule has 0 aliphatic carbocycles. The number of carbonyl (C=O) groups excluding carboxylic acids is 1. The van der Waals surface area contributed by atoms with E-state index in [2.05, 4.69) is 10.0 Å². The van der Waals surface area contributed by atoms with Gasteiger partial charge in [-0.05, 0) is 79.6 Å². The van der Waals surface area contributed by atoms with Crippen LogP contribution in [0.5, 0.6) is 0 Å². The van der Waals surface area contributed by atoms with E-state index in [-0.39, 0.29) is 21.4 Å². The molecule has 0 unspecified atom stereocenters. The van der Waals surface area contributed by atoms with Gasteiger partial charge in [0, 0.05) is 33.5 Å². The van der Waals surface area contributed by atoms with Gasteiger partial charge < -0.3 is 5.32 Å². The molecule has 0 aromatic heterocycles. The van der Waals surface area contributed by atoms with E-state index < -0.39 is 10.0 Å². The van der Waals surface area contributed by atoms with E-state index in [1.165, 1.54) is 18.2 Å². The molecule has 0 radical (unpaired) electrons. The van der Waals surface area contributed by atoms with Crippen molar-refractivity contribution in [3.05, 3.63) is 87.4 Å². The van der Waals surface area contributed by atoms with Gasteiger partial charge in [0.05, 0.1) is 5.02 Å². The average Bonchev–Trinajstić information content (AvgIpc) is 2.71. The molecule has 0 saturated carbocycles. The molecular weight excluding hydrogens is 487 g/mol. The van der Waals surface area contributed by atoms with Crippen molar-refractivity contribution in [3.8, 4) is 0 Å². The molecule has 1 amide bonds. The summed E-state index contributed by atoms with van der Waals surface area (Å²) in [5, 5.41) is 3.51. The van der Waals surface area contributed by atoms with Crippen molar-refractivity contribution in [1.29, 1.82) is 0 Å². The number of hydrogen-bond acceptors (Lipinski definition) is 4. The number of hydrogen-bond donors (Lipinski definition) is 2. The van der Waals surface area contributed by atoms with Gasteiger partial charge in [-0.3, -0.25) is 9.52 Å². The van der Waals surface area contributed by atoms with Crippen molar-refractivity contribution in [3.63, 3.8) is 0 Å². The van der Waals surface area contributed by atoms with Gasteiger partial charge in [-0.1, -0.05) is 29.3 Å². The third-order valence-corrected chi connectivity index (χ3v) is 7.56. The highest BCUT2D eigenvalue weighted by Gasteiger charge is 2.20. The summed E-state index contributed by atoms with van der Waals surface area (Å²) in [5.41, 5.74) is 2.51. The third-order valence-electron chi connectivity index (χ3n) is 4.43. The number of thioether (sulfide) groups is 1. The molecular formula is C23H22Cl2N2O3S2. The number of nitrogens with one attached hydrogen (secondary N) is 2. The first-order valence-corrected chi connectivity index (χ1v) is 12.9. The van der Waals surface area contributed by atoms with Gasteiger partial charge in [-0.25, -0.2) is 8.42 Å². The van der Waals surface area contributed by atoms with Gasteiger partial charge in [-0.15, -0.1) is 11.8 Å². The quantitative estimate of drug-likeness (QED) is 0.292. The molecule has 5 nitrogen and oxygen atoms in total. The Morgan fingerprint density at radius 1 is 0.938 bits per heavy atom. The highest BCUT2D eigenvalue weighted by molar-refractivity contribution is 7.99. The van der Waals surface area contributed by atoms with Crippen molar-refractivity contribution in [2.45, 2.75) is 23.6 Å². The number of rotatable bonds is 8. The summed E-state index contributed by atoms with van der Waals surface area (Å²) in [7, 11) is -3.98. The predicted octanol–water partition coefficient (Wildman–Crippen LogP) is 5.93. The number of anilines is 1. The van der Waals surface area contributed by atoms with Crippen LogP contribution in [0.2, 0.25) is 10.0 Å². The van der Waals surface area contributed by atoms with E-state index in [4.69, 9.17) is 23.2 Å². The lowest BCUT2D eigenvalue weighted by atomic mass is 10.1. The summed E-state index contributed by atoms with van der Waals surface area (Å²) in [5.74, 6) is 0.279. The van der Waals surface area contributed by atoms with Crippen LogP contribution in [-0.2, 0) is 10.0 Å². The summed E-state index contributed by atoms with van der Waals surface area (Å²) in [4.78, 5) is 13.4. The smallest absolute Gasteiger partial charge is 0.263 e. The summed E-state index contributed by atoms with van der Waals surface area (Å²) in [6.45, 7) is 4.18. The summed E-state index contributed by atoms with van der Waals surface area (Å²) in [6, 6.07) is 17.0. The maximum atomic E-state index is 12.9. The van der Waals surface area contributed by atoms with Crippen LogP contribution in [-0.4, -0.2) is 26.6 Å². The fraction of sp³-hybridized carbons (Fsp3) is 0.174. The van der Waals surface area contributed by atoms with Crippen LogP contribution in [0.25, 0.3) is 0 Å². The Balaban J connectivity index is 1.67. The van der Waals surface area contributed by atoms with Crippen LogP contribution in [0, 0.1) is 13.8 Å². The zero-order chi connectivity index (χ0) is 23.3. The molecule has 3 aromatic carbocycles. The van der Waals surface area contributed by atoms with Crippen molar-refractivity contribution in [1.82, 2.24) is 5.32 Å². The Kier molecular flexibility index (Phi) is 8.11. The van der Waals surface area contributed by atoms with E-state index in [0.29, 0.717) is 23.0 Å². The maximum Gasteiger partial charge on any atom is 0.263 e. The van der Waals surface area contributed by atoms with Crippen LogP contribution in [0.3, 0.4) is 0 Å². The van der Waals surface area contributed by atoms with Gasteiger partial charge in [0.2, 0.25) is 0 Å². The van der Waals surface area contributed by atoms with Crippen LogP contribution in [0.15, 0.2) is 70.5 Å². The second-order valence-electron chi connectivity index (χ2n) is 7.19. The molecule has 3 aromatic rings. The van der Waals surface area contributed by atoms with Gasteiger partial charge >= 0.3 is 0 Å². The molecule has 168 valence electrons. The standard InChI is InChI=1S/C23H22Cl2N2O3S2/c1-15-11-16(2)13-19(12-15)27-32(29,30)22-14-17(3-8-21(22)25)23(28)26-9-10-31-20-6-4-18(24)5-7-20/h3-8,11-14,27H,9-10H2,1-2H3,(H,26,28). The van der Waals surface area contributed by atoms with Gasteiger partial charge in [-0.2, -0.15) is 0 Å². The Morgan fingerprint density at radius 3 is 2.25 bits per heavy atom. The highest BCUT2D eigenvalue weighted by atomic mass is 35.5. The van der Waals surface area contributed by atoms with Crippen molar-refractivity contribution in [2.24, 2.45) is 0 Å². The first-order valence-electron chi connectivity index (χ1n) is 9.71. The minimum Gasteiger partial charge on any atom is -0.351 e. The normalized spacial score (nSPS) is 11.2. The second kappa shape index (κ2) is 10.6. The number of aryl methyl sites for hydroxylation is 2. The summed E-state index contributed by atoms with van der Waals surface area (Å²) < 4.78 is 28.4. The van der Waals surface area contributed by atoms with Crippen LogP contribution >= 0.6 is 35.0 Å². The SMILES string of the molecule is Cc1cc(C)cc(NS(=O)(=O)c2cc(C(=O)NCCSc3ccc(Cl)cc3)ccc2Cl)c1. The number of carbonyl (C=O) groups is 1. The minimum absolute atomic E-state index is 0.0386. The monoisotopic (exact) mass is 508 g/mol. The van der Waals surface area contributed by atoms with Gasteiger partial charge in [0.1, 0.15) is 4.90 Å². The van der Waals surface area contributed by atoms with Crippen LogP contribution < -0.4 is 10.0 Å². The predicted molar refractivity (Wildman–Crippen MR) is 133 cm³/mol. The highest BCUT2D eigenvalue weighted by Crippen LogP contribution is 2.26. The van der Waals surface area contributed by atoms with Crippen molar-refractivity contribution < 1.29 is 13.2 Å². The lowest BCUT2D eigenvalue weighted by molar-refractivity contribution is 0.0956. The van der Waals surface area contributed by atoms with Crippen LogP contribution in [0.4, 0.5) is 5.69 Å². The molecule has 0 aliphatic heterocycles. The van der Waals surface area contributed by atoms with Crippen molar-refractivity contribution >= 4 is 56.6 Å². The molecule has 9 heteroatoms. The second-order valence-corrected chi connectivity index (χ2v) is 10.8. The topological polar surface area (TPSA) is 75.3 Å². The zero-order valence-corrected chi connectivity index (χ0v) is 20.6. The summed E-state index contributed by atoms with van der Waals surface area (Å²) >= 11 is 13.6. The molecule has 0 heterocycles. The first-order chi connectivity index (χ1) is 15.1. The fourth-order valence-electron chi connectivity index (χ4n) is 3.06. The molecule has 2 N–H and O–H groups in total. The third kappa shape index (κ3) is 6.65. The van der Waals surface area contributed by atoms with E-state index >= 15 is 0 Å². The number of halogens is 2. The maximum absolute atomic E-state index is 12.9. The van der Waals surface area contributed by atoms with Crippen LogP contribution in [0.1, 0.15) is 21.5 Å². The van der Waals surface area contributed by atoms with Gasteiger partial charge in [0.25, 0.3) is 15.9 Å². The lowest BCUT2D eigenvalue weighted by Gasteiger charge is -2.12. The molecule has 32 heavy (non-hydrogen) atoms. The molecule has 0 atom stereocenters. The Morgan fingerprint density at radius 2 is 1.59 bits per heavy atom. The van der Waals surface area contributed by atoms with E-state index in [1.807, 2.05) is 44.2 Å². The van der Waals surface area contributed by atoms with Crippen molar-refractivity contribution in [2.75, 3.05) is 17.0 Å². The molecule has 0 fully saturated rings. The Hall–Kier alpha value is -2.19. The Labute approximate surface area is 202 Å². The van der Waals surface area contributed by atoms with E-state index in [0.717, 1.165) is 16.0 Å². The van der Waals surface area contributed by atoms with E-state index in [9.17, 15) is 13.2 Å². The molecule has 0 bridgehead atoms. The fourth-order valence-corrected chi connectivity index (χ4v) is 5.52. The minimum atomic E-state index is -3.98. The summed E-state index contributed by atoms with van der Waals surface area (Å²) in [6.07, 6.45) is 0. The molecule has 0 aliphatic rings. The number of sulfonamides is 1. The van der Waals surface area contributed by atoms with Gasteiger partial charge in [0.15, 0.2) is 0 Å². The largest absolute Gasteiger partial charge is 0.351 e. The zero-order valence-electron chi connectivity index (χ0n) is 17.5.